The molecule has 0 atom stereocenters. The van der Waals surface area contributed by atoms with Gasteiger partial charge in [0.1, 0.15) is 0 Å². The zero-order chi connectivity index (χ0) is 10.2. The maximum absolute atomic E-state index is 10.6. The van der Waals surface area contributed by atoms with Crippen LogP contribution >= 0.6 is 0 Å². The fourth-order valence-corrected chi connectivity index (χ4v) is 0.840. The number of H-pyrrole nitrogens is 1. The lowest BCUT2D eigenvalue weighted by atomic mass is 10.2. The van der Waals surface area contributed by atoms with Crippen molar-refractivity contribution in [3.05, 3.63) is 48.3 Å². The largest absolute Gasteiger partial charge is 0.295 e. The van der Waals surface area contributed by atoms with E-state index in [2.05, 4.69) is 15.4 Å². The van der Waals surface area contributed by atoms with Gasteiger partial charge in [0.05, 0.1) is 6.20 Å². The SMILES string of the molecule is CC(=O)c1ccccc1.c1c[nH]nn1. The van der Waals surface area contributed by atoms with Crippen molar-refractivity contribution in [1.82, 2.24) is 15.4 Å². The summed E-state index contributed by atoms with van der Waals surface area (Å²) in [4.78, 5) is 10.6. The summed E-state index contributed by atoms with van der Waals surface area (Å²) in [6, 6.07) is 9.23. The molecule has 1 aromatic heterocycles. The van der Waals surface area contributed by atoms with E-state index in [9.17, 15) is 4.79 Å². The Morgan fingerprint density at radius 2 is 2.00 bits per heavy atom. The van der Waals surface area contributed by atoms with Gasteiger partial charge < -0.3 is 0 Å². The third kappa shape index (κ3) is 3.62. The molecule has 0 bridgehead atoms. The maximum atomic E-state index is 10.6. The van der Waals surface area contributed by atoms with Crippen LogP contribution in [0.15, 0.2) is 42.7 Å². The van der Waals surface area contributed by atoms with Crippen molar-refractivity contribution in [3.8, 4) is 0 Å². The highest BCUT2D eigenvalue weighted by molar-refractivity contribution is 5.93. The lowest BCUT2D eigenvalue weighted by Crippen LogP contribution is -1.88. The molecular formula is C10H11N3O. The predicted octanol–water partition coefficient (Wildman–Crippen LogP) is 1.69. The molecule has 14 heavy (non-hydrogen) atoms. The van der Waals surface area contributed by atoms with E-state index in [1.165, 1.54) is 0 Å². The molecule has 0 amide bonds. The molecule has 0 spiro atoms. The number of benzene rings is 1. The fourth-order valence-electron chi connectivity index (χ4n) is 0.840. The van der Waals surface area contributed by atoms with Crippen LogP contribution in [0.2, 0.25) is 0 Å². The molecule has 0 aliphatic carbocycles. The standard InChI is InChI=1S/C8H8O.C2H3N3/c1-7(9)8-5-3-2-4-6-8;1-2-4-5-3-1/h2-6H,1H3;1-2H,(H,3,4,5). The van der Waals surface area contributed by atoms with Gasteiger partial charge in [-0.15, -0.1) is 5.10 Å². The summed E-state index contributed by atoms with van der Waals surface area (Å²) in [5.41, 5.74) is 0.775. The molecule has 0 saturated heterocycles. The number of carbonyl (C=O) groups is 1. The molecule has 4 heteroatoms. The highest BCUT2D eigenvalue weighted by Gasteiger charge is 1.92. The van der Waals surface area contributed by atoms with E-state index in [1.54, 1.807) is 19.3 Å². The second kappa shape index (κ2) is 5.64. The number of aromatic amines is 1. The zero-order valence-electron chi connectivity index (χ0n) is 7.84. The molecule has 2 aromatic rings. The van der Waals surface area contributed by atoms with Gasteiger partial charge in [-0.25, -0.2) is 0 Å². The van der Waals surface area contributed by atoms with Gasteiger partial charge in [0.15, 0.2) is 5.78 Å². The molecular weight excluding hydrogens is 178 g/mol. The van der Waals surface area contributed by atoms with E-state index < -0.39 is 0 Å². The van der Waals surface area contributed by atoms with E-state index in [4.69, 9.17) is 0 Å². The molecule has 1 aromatic carbocycles. The third-order valence-corrected chi connectivity index (χ3v) is 1.51. The normalized spacial score (nSPS) is 8.64. The van der Waals surface area contributed by atoms with Crippen LogP contribution in [0.25, 0.3) is 0 Å². The highest BCUT2D eigenvalue weighted by Crippen LogP contribution is 1.97. The van der Waals surface area contributed by atoms with E-state index in [1.807, 2.05) is 30.3 Å². The fraction of sp³-hybridized carbons (Fsp3) is 0.100. The first-order valence-electron chi connectivity index (χ1n) is 4.17. The van der Waals surface area contributed by atoms with Gasteiger partial charge in [-0.05, 0) is 6.92 Å². The Kier molecular flexibility index (Phi) is 4.07. The predicted molar refractivity (Wildman–Crippen MR) is 52.8 cm³/mol. The molecule has 72 valence electrons. The van der Waals surface area contributed by atoms with Crippen LogP contribution in [-0.2, 0) is 0 Å². The number of hydrogen-bond donors (Lipinski definition) is 1. The van der Waals surface area contributed by atoms with Crippen LogP contribution < -0.4 is 0 Å². The number of ketones is 1. The van der Waals surface area contributed by atoms with Gasteiger partial charge in [0, 0.05) is 11.8 Å². The molecule has 0 fully saturated rings. The van der Waals surface area contributed by atoms with Crippen molar-refractivity contribution in [3.63, 3.8) is 0 Å². The van der Waals surface area contributed by atoms with Crippen molar-refractivity contribution >= 4 is 5.78 Å². The first-order valence-corrected chi connectivity index (χ1v) is 4.17. The molecule has 2 rings (SSSR count). The molecule has 1 heterocycles. The highest BCUT2D eigenvalue weighted by atomic mass is 16.1. The third-order valence-electron chi connectivity index (χ3n) is 1.51. The Labute approximate surface area is 82.0 Å². The second-order valence-electron chi connectivity index (χ2n) is 2.58. The van der Waals surface area contributed by atoms with Crippen LogP contribution in [0.3, 0.4) is 0 Å². The van der Waals surface area contributed by atoms with Crippen LogP contribution in [0.1, 0.15) is 17.3 Å². The first kappa shape index (κ1) is 10.1. The first-order chi connectivity index (χ1) is 6.80. The van der Waals surface area contributed by atoms with Crippen LogP contribution in [0.5, 0.6) is 0 Å². The summed E-state index contributed by atoms with van der Waals surface area (Å²) < 4.78 is 0. The Morgan fingerprint density at radius 1 is 1.29 bits per heavy atom. The van der Waals surface area contributed by atoms with Gasteiger partial charge in [-0.1, -0.05) is 35.5 Å². The molecule has 0 unspecified atom stereocenters. The van der Waals surface area contributed by atoms with E-state index >= 15 is 0 Å². The molecule has 1 N–H and O–H groups in total. The van der Waals surface area contributed by atoms with E-state index in [-0.39, 0.29) is 5.78 Å². The Hall–Kier alpha value is -1.97. The minimum Gasteiger partial charge on any atom is -0.295 e. The maximum Gasteiger partial charge on any atom is 0.159 e. The quantitative estimate of drug-likeness (QED) is 0.694. The number of Topliss-reactive ketones (excluding diaryl/α,β-unsaturated/α-hetero) is 1. The average Bonchev–Trinajstić information content (AvgIpc) is 2.77. The number of carbonyl (C=O) groups excluding carboxylic acids is 1. The second-order valence-corrected chi connectivity index (χ2v) is 2.58. The molecule has 0 aliphatic heterocycles. The van der Waals surface area contributed by atoms with E-state index in [0.717, 1.165) is 5.56 Å². The molecule has 0 radical (unpaired) electrons. The van der Waals surface area contributed by atoms with Gasteiger partial charge in [0.2, 0.25) is 0 Å². The summed E-state index contributed by atoms with van der Waals surface area (Å²) in [5, 5.41) is 9.26. The molecule has 4 nitrogen and oxygen atoms in total. The monoisotopic (exact) mass is 189 g/mol. The van der Waals surface area contributed by atoms with Gasteiger partial charge >= 0.3 is 0 Å². The zero-order valence-corrected chi connectivity index (χ0v) is 7.84. The topological polar surface area (TPSA) is 58.6 Å². The van der Waals surface area contributed by atoms with Gasteiger partial charge in [-0.2, -0.15) is 0 Å². The number of rotatable bonds is 1. The lowest BCUT2D eigenvalue weighted by molar-refractivity contribution is 0.101. The Bertz CT molecular complexity index is 339. The molecule has 0 saturated carbocycles. The van der Waals surface area contributed by atoms with Crippen molar-refractivity contribution in [2.24, 2.45) is 0 Å². The smallest absolute Gasteiger partial charge is 0.159 e. The van der Waals surface area contributed by atoms with Gasteiger partial charge in [0.25, 0.3) is 0 Å². The van der Waals surface area contributed by atoms with Crippen molar-refractivity contribution < 1.29 is 4.79 Å². The number of nitrogens with one attached hydrogen (secondary N) is 1. The number of hydrogen-bond acceptors (Lipinski definition) is 3. The lowest BCUT2D eigenvalue weighted by Gasteiger charge is -1.89. The number of nitrogens with zero attached hydrogens (tertiary/aromatic N) is 2. The summed E-state index contributed by atoms with van der Waals surface area (Å²) in [7, 11) is 0. The van der Waals surface area contributed by atoms with Crippen LogP contribution in [0.4, 0.5) is 0 Å². The summed E-state index contributed by atoms with van der Waals surface area (Å²) in [6.07, 6.45) is 3.24. The Morgan fingerprint density at radius 3 is 2.29 bits per heavy atom. The summed E-state index contributed by atoms with van der Waals surface area (Å²) >= 11 is 0. The van der Waals surface area contributed by atoms with Gasteiger partial charge in [-0.3, -0.25) is 9.89 Å². The van der Waals surface area contributed by atoms with E-state index in [0.29, 0.717) is 0 Å². The van der Waals surface area contributed by atoms with Crippen molar-refractivity contribution in [1.29, 1.82) is 0 Å². The molecule has 0 aliphatic rings. The number of aromatic nitrogens is 3. The van der Waals surface area contributed by atoms with Crippen molar-refractivity contribution in [2.75, 3.05) is 0 Å². The minimum absolute atomic E-state index is 0.121. The van der Waals surface area contributed by atoms with Crippen LogP contribution in [0, 0.1) is 0 Å². The Balaban J connectivity index is 0.000000165. The average molecular weight is 189 g/mol. The van der Waals surface area contributed by atoms with Crippen LogP contribution in [-0.4, -0.2) is 21.2 Å². The minimum atomic E-state index is 0.121. The summed E-state index contributed by atoms with van der Waals surface area (Å²) in [6.45, 7) is 1.56. The van der Waals surface area contributed by atoms with Crippen molar-refractivity contribution in [2.45, 2.75) is 6.92 Å². The summed E-state index contributed by atoms with van der Waals surface area (Å²) in [5.74, 6) is 0.121.